The molecule has 2 aromatic carbocycles. The third kappa shape index (κ3) is 3.59. The van der Waals surface area contributed by atoms with Gasteiger partial charge in [-0.2, -0.15) is 0 Å². The average molecular weight is 416 g/mol. The molecule has 0 radical (unpaired) electrons. The predicted octanol–water partition coefficient (Wildman–Crippen LogP) is 5.21. The van der Waals surface area contributed by atoms with Crippen molar-refractivity contribution in [2.75, 3.05) is 4.72 Å². The van der Waals surface area contributed by atoms with Gasteiger partial charge >= 0.3 is 0 Å². The van der Waals surface area contributed by atoms with Gasteiger partial charge in [-0.25, -0.2) is 8.42 Å². The van der Waals surface area contributed by atoms with E-state index in [1.165, 1.54) is 30.3 Å². The number of anilines is 1. The molecule has 0 bridgehead atoms. The number of nitrogens with one attached hydrogen (secondary N) is 1. The largest absolute Gasteiger partial charge is 0.278 e. The Morgan fingerprint density at radius 2 is 1.60 bits per heavy atom. The quantitative estimate of drug-likeness (QED) is 0.748. The molecule has 0 spiro atoms. The molecule has 3 nitrogen and oxygen atoms in total. The van der Waals surface area contributed by atoms with Gasteiger partial charge in [-0.1, -0.05) is 34.8 Å². The summed E-state index contributed by atoms with van der Waals surface area (Å²) in [7, 11) is -3.77. The summed E-state index contributed by atoms with van der Waals surface area (Å²) in [5.74, 6) is 0. The van der Waals surface area contributed by atoms with E-state index in [9.17, 15) is 8.42 Å². The van der Waals surface area contributed by atoms with Crippen molar-refractivity contribution in [3.05, 3.63) is 55.9 Å². The Kier molecular flexibility index (Phi) is 4.87. The maximum Gasteiger partial charge on any atom is 0.261 e. The van der Waals surface area contributed by atoms with Gasteiger partial charge in [0.05, 0.1) is 20.6 Å². The summed E-state index contributed by atoms with van der Waals surface area (Å²) < 4.78 is 27.4. The normalized spacial score (nSPS) is 11.4. The lowest BCUT2D eigenvalue weighted by atomic mass is 10.3. The van der Waals surface area contributed by atoms with E-state index in [0.29, 0.717) is 14.5 Å². The van der Waals surface area contributed by atoms with Crippen molar-refractivity contribution in [3.63, 3.8) is 0 Å². The zero-order valence-corrected chi connectivity index (χ0v) is 14.4. The summed E-state index contributed by atoms with van der Waals surface area (Å²) >= 11 is 20.8. The van der Waals surface area contributed by atoms with E-state index in [1.807, 2.05) is 0 Å². The second-order valence-corrected chi connectivity index (χ2v) is 7.59. The van der Waals surface area contributed by atoms with Gasteiger partial charge in [-0.05, 0) is 52.3 Å². The molecule has 0 amide bonds. The SMILES string of the molecule is O=S(=O)(Nc1cc(Cl)ccc1Cl)c1ccc(Cl)c(Br)c1. The van der Waals surface area contributed by atoms with Crippen molar-refractivity contribution >= 4 is 66.4 Å². The zero-order valence-electron chi connectivity index (χ0n) is 9.70. The first-order valence-electron chi connectivity index (χ1n) is 5.22. The minimum atomic E-state index is -3.77. The third-order valence-electron chi connectivity index (χ3n) is 2.37. The highest BCUT2D eigenvalue weighted by Gasteiger charge is 2.17. The number of hydrogen-bond donors (Lipinski definition) is 1. The molecule has 0 fully saturated rings. The van der Waals surface area contributed by atoms with Crippen LogP contribution in [-0.2, 0) is 10.0 Å². The summed E-state index contributed by atoms with van der Waals surface area (Å²) in [4.78, 5) is 0.0600. The minimum Gasteiger partial charge on any atom is -0.278 e. The molecule has 106 valence electrons. The van der Waals surface area contributed by atoms with Crippen LogP contribution in [0.2, 0.25) is 15.1 Å². The standard InChI is InChI=1S/C12H7BrCl3NO2S/c13-9-6-8(2-4-10(9)15)20(18,19)17-12-5-7(14)1-3-11(12)16/h1-6,17H. The molecule has 20 heavy (non-hydrogen) atoms. The van der Waals surface area contributed by atoms with Crippen LogP contribution in [0.15, 0.2) is 45.8 Å². The van der Waals surface area contributed by atoms with Crippen molar-refractivity contribution in [1.29, 1.82) is 0 Å². The Morgan fingerprint density at radius 1 is 0.950 bits per heavy atom. The molecule has 0 aliphatic rings. The van der Waals surface area contributed by atoms with Crippen LogP contribution in [0.5, 0.6) is 0 Å². The van der Waals surface area contributed by atoms with Crippen LogP contribution in [-0.4, -0.2) is 8.42 Å². The lowest BCUT2D eigenvalue weighted by Gasteiger charge is -2.10. The minimum absolute atomic E-state index is 0.0600. The molecule has 0 atom stereocenters. The van der Waals surface area contributed by atoms with Crippen LogP contribution < -0.4 is 4.72 Å². The molecular weight excluding hydrogens is 408 g/mol. The predicted molar refractivity (Wildman–Crippen MR) is 86.4 cm³/mol. The molecule has 0 aromatic heterocycles. The summed E-state index contributed by atoms with van der Waals surface area (Å²) in [6.45, 7) is 0. The number of benzene rings is 2. The smallest absolute Gasteiger partial charge is 0.261 e. The van der Waals surface area contributed by atoms with Crippen LogP contribution in [0.1, 0.15) is 0 Å². The monoisotopic (exact) mass is 413 g/mol. The van der Waals surface area contributed by atoms with Gasteiger partial charge in [0.2, 0.25) is 0 Å². The second kappa shape index (κ2) is 6.12. The maximum atomic E-state index is 12.3. The molecule has 0 aliphatic carbocycles. The fourth-order valence-electron chi connectivity index (χ4n) is 1.42. The molecule has 8 heteroatoms. The summed E-state index contributed by atoms with van der Waals surface area (Å²) in [6.07, 6.45) is 0. The van der Waals surface area contributed by atoms with Crippen molar-refractivity contribution in [2.45, 2.75) is 4.90 Å². The first kappa shape index (κ1) is 15.9. The number of rotatable bonds is 3. The average Bonchev–Trinajstić information content (AvgIpc) is 2.36. The Labute approximate surface area is 140 Å². The third-order valence-corrected chi connectivity index (χ3v) is 5.52. The Bertz CT molecular complexity index is 765. The molecule has 2 rings (SSSR count). The maximum absolute atomic E-state index is 12.3. The van der Waals surface area contributed by atoms with Gasteiger partial charge in [0.25, 0.3) is 10.0 Å². The molecule has 0 unspecified atom stereocenters. The summed E-state index contributed by atoms with van der Waals surface area (Å²) in [6, 6.07) is 8.81. The molecule has 0 saturated heterocycles. The Hall–Kier alpha value is -0.460. The Balaban J connectivity index is 2.40. The van der Waals surface area contributed by atoms with Crippen LogP contribution in [0.25, 0.3) is 0 Å². The van der Waals surface area contributed by atoms with E-state index in [0.717, 1.165) is 0 Å². The van der Waals surface area contributed by atoms with Gasteiger partial charge in [-0.3, -0.25) is 4.72 Å². The van der Waals surface area contributed by atoms with E-state index in [2.05, 4.69) is 20.7 Å². The fourth-order valence-corrected chi connectivity index (χ4v) is 3.56. The molecule has 0 saturated carbocycles. The highest BCUT2D eigenvalue weighted by atomic mass is 79.9. The molecule has 1 N–H and O–H groups in total. The van der Waals surface area contributed by atoms with Gasteiger partial charge in [-0.15, -0.1) is 0 Å². The zero-order chi connectivity index (χ0) is 14.9. The van der Waals surface area contributed by atoms with Crippen molar-refractivity contribution < 1.29 is 8.42 Å². The topological polar surface area (TPSA) is 46.2 Å². The van der Waals surface area contributed by atoms with Crippen molar-refractivity contribution in [3.8, 4) is 0 Å². The van der Waals surface area contributed by atoms with E-state index in [4.69, 9.17) is 34.8 Å². The van der Waals surface area contributed by atoms with E-state index in [1.54, 1.807) is 6.07 Å². The first-order chi connectivity index (χ1) is 9.29. The Morgan fingerprint density at radius 3 is 2.25 bits per heavy atom. The fraction of sp³-hybridized carbons (Fsp3) is 0. The second-order valence-electron chi connectivity index (χ2n) is 3.81. The van der Waals surface area contributed by atoms with Gasteiger partial charge in [0, 0.05) is 9.50 Å². The highest BCUT2D eigenvalue weighted by molar-refractivity contribution is 9.10. The molecule has 2 aromatic rings. The molecule has 0 aliphatic heterocycles. The van der Waals surface area contributed by atoms with E-state index >= 15 is 0 Å². The highest BCUT2D eigenvalue weighted by Crippen LogP contribution is 2.30. The van der Waals surface area contributed by atoms with Crippen LogP contribution >= 0.6 is 50.7 Å². The first-order valence-corrected chi connectivity index (χ1v) is 8.63. The van der Waals surface area contributed by atoms with Gasteiger partial charge < -0.3 is 0 Å². The van der Waals surface area contributed by atoms with Crippen LogP contribution in [0.3, 0.4) is 0 Å². The number of hydrogen-bond acceptors (Lipinski definition) is 2. The van der Waals surface area contributed by atoms with E-state index < -0.39 is 10.0 Å². The lowest BCUT2D eigenvalue weighted by molar-refractivity contribution is 0.601. The lowest BCUT2D eigenvalue weighted by Crippen LogP contribution is -2.13. The van der Waals surface area contributed by atoms with Crippen LogP contribution in [0, 0.1) is 0 Å². The summed E-state index contributed by atoms with van der Waals surface area (Å²) in [5.41, 5.74) is 0.213. The number of sulfonamides is 1. The molecular formula is C12H7BrCl3NO2S. The van der Waals surface area contributed by atoms with Crippen molar-refractivity contribution in [1.82, 2.24) is 0 Å². The van der Waals surface area contributed by atoms with E-state index in [-0.39, 0.29) is 15.6 Å². The van der Waals surface area contributed by atoms with Crippen molar-refractivity contribution in [2.24, 2.45) is 0 Å². The summed E-state index contributed by atoms with van der Waals surface area (Å²) in [5, 5.41) is 1.06. The van der Waals surface area contributed by atoms with Crippen LogP contribution in [0.4, 0.5) is 5.69 Å². The molecule has 0 heterocycles. The number of halogens is 4. The van der Waals surface area contributed by atoms with Gasteiger partial charge in [0.1, 0.15) is 0 Å². The van der Waals surface area contributed by atoms with Gasteiger partial charge in [0.15, 0.2) is 0 Å².